The van der Waals surface area contributed by atoms with Crippen LogP contribution in [0.4, 0.5) is 0 Å². The van der Waals surface area contributed by atoms with Gasteiger partial charge in [-0.1, -0.05) is 25.2 Å². The first-order valence-electron chi connectivity index (χ1n) is 4.10. The van der Waals surface area contributed by atoms with E-state index in [2.05, 4.69) is 13.8 Å². The lowest BCUT2D eigenvalue weighted by molar-refractivity contribution is 0.340. The summed E-state index contributed by atoms with van der Waals surface area (Å²) in [5.41, 5.74) is -2.50. The van der Waals surface area contributed by atoms with Crippen molar-refractivity contribution >= 4 is 28.9 Å². The Hall–Kier alpha value is 0.920. The second-order valence-corrected chi connectivity index (χ2v) is 9.20. The maximum atomic E-state index is 9.49. The molecule has 74 valence electrons. The van der Waals surface area contributed by atoms with Crippen LogP contribution in [0.25, 0.3) is 0 Å². The standard InChI is InChI=1S/C7H17O2PS2/c1-4-9-10(8,11)12-6-5-7(2)3/h7H,4-6H2,1-3H3,(H,8,11). The molecule has 0 aliphatic rings. The zero-order valence-corrected chi connectivity index (χ0v) is 10.3. The highest BCUT2D eigenvalue weighted by Crippen LogP contribution is 2.56. The molecule has 1 N–H and O–H groups in total. The van der Waals surface area contributed by atoms with Crippen molar-refractivity contribution in [3.8, 4) is 0 Å². The molecule has 2 nitrogen and oxygen atoms in total. The van der Waals surface area contributed by atoms with Gasteiger partial charge >= 0.3 is 0 Å². The van der Waals surface area contributed by atoms with E-state index in [4.69, 9.17) is 16.3 Å². The average Bonchev–Trinajstić information content (AvgIpc) is 1.85. The van der Waals surface area contributed by atoms with E-state index in [9.17, 15) is 4.89 Å². The third-order valence-corrected chi connectivity index (χ3v) is 5.68. The molecule has 1 unspecified atom stereocenters. The van der Waals surface area contributed by atoms with E-state index < -0.39 is 5.69 Å². The van der Waals surface area contributed by atoms with Crippen LogP contribution < -0.4 is 0 Å². The fourth-order valence-corrected chi connectivity index (χ4v) is 4.35. The second kappa shape index (κ2) is 6.39. The molecule has 12 heavy (non-hydrogen) atoms. The maximum Gasteiger partial charge on any atom is 0.244 e. The third kappa shape index (κ3) is 7.56. The second-order valence-electron chi connectivity index (χ2n) is 2.90. The lowest BCUT2D eigenvalue weighted by Gasteiger charge is -2.13. The van der Waals surface area contributed by atoms with Crippen LogP contribution in [-0.4, -0.2) is 17.3 Å². The highest BCUT2D eigenvalue weighted by Gasteiger charge is 2.12. The summed E-state index contributed by atoms with van der Waals surface area (Å²) in [5.74, 6) is 1.56. The average molecular weight is 228 g/mol. The van der Waals surface area contributed by atoms with Gasteiger partial charge in [0.2, 0.25) is 5.69 Å². The highest BCUT2D eigenvalue weighted by molar-refractivity contribution is 8.67. The summed E-state index contributed by atoms with van der Waals surface area (Å²) < 4.78 is 5.06. The van der Waals surface area contributed by atoms with Crippen LogP contribution in [0.3, 0.4) is 0 Å². The quantitative estimate of drug-likeness (QED) is 0.708. The Labute approximate surface area is 84.0 Å². The monoisotopic (exact) mass is 228 g/mol. The largest absolute Gasteiger partial charge is 0.337 e. The minimum absolute atomic E-state index is 0.502. The summed E-state index contributed by atoms with van der Waals surface area (Å²) in [7, 11) is 0. The highest BCUT2D eigenvalue weighted by atomic mass is 32.9. The van der Waals surface area contributed by atoms with Crippen molar-refractivity contribution in [1.29, 1.82) is 0 Å². The van der Waals surface area contributed by atoms with E-state index >= 15 is 0 Å². The Kier molecular flexibility index (Phi) is 6.87. The first-order valence-corrected chi connectivity index (χ1v) is 8.36. The zero-order chi connectivity index (χ0) is 9.61. The Morgan fingerprint density at radius 1 is 1.58 bits per heavy atom. The molecule has 0 saturated heterocycles. The summed E-state index contributed by atoms with van der Waals surface area (Å²) in [4.78, 5) is 9.49. The molecule has 0 bridgehead atoms. The number of rotatable bonds is 6. The van der Waals surface area contributed by atoms with E-state index in [0.717, 1.165) is 12.2 Å². The Bertz CT molecular complexity index is 161. The summed E-state index contributed by atoms with van der Waals surface area (Å²) >= 11 is 6.29. The van der Waals surface area contributed by atoms with E-state index in [0.29, 0.717) is 12.5 Å². The lowest BCUT2D eigenvalue weighted by atomic mass is 10.2. The summed E-state index contributed by atoms with van der Waals surface area (Å²) in [6.45, 7) is 6.66. The lowest BCUT2D eigenvalue weighted by Crippen LogP contribution is -1.91. The molecule has 0 spiro atoms. The first kappa shape index (κ1) is 12.9. The number of hydrogen-bond acceptors (Lipinski definition) is 3. The van der Waals surface area contributed by atoms with Crippen molar-refractivity contribution in [1.82, 2.24) is 0 Å². The van der Waals surface area contributed by atoms with Crippen LogP contribution in [0.5, 0.6) is 0 Å². The Morgan fingerprint density at radius 3 is 2.58 bits per heavy atom. The molecule has 1 atom stereocenters. The first-order chi connectivity index (χ1) is 5.48. The van der Waals surface area contributed by atoms with Gasteiger partial charge in [0.15, 0.2) is 0 Å². The third-order valence-electron chi connectivity index (χ3n) is 1.24. The van der Waals surface area contributed by atoms with Crippen molar-refractivity contribution in [3.63, 3.8) is 0 Å². The fraction of sp³-hybridized carbons (Fsp3) is 1.00. The molecule has 0 rings (SSSR count). The van der Waals surface area contributed by atoms with Gasteiger partial charge in [0.1, 0.15) is 0 Å². The van der Waals surface area contributed by atoms with Gasteiger partial charge in [-0.15, -0.1) is 0 Å². The van der Waals surface area contributed by atoms with E-state index in [-0.39, 0.29) is 0 Å². The van der Waals surface area contributed by atoms with Crippen molar-refractivity contribution in [2.45, 2.75) is 27.2 Å². The van der Waals surface area contributed by atoms with Gasteiger partial charge in [-0.2, -0.15) is 0 Å². The molecule has 0 aliphatic heterocycles. The summed E-state index contributed by atoms with van der Waals surface area (Å²) in [5, 5.41) is 0. The maximum absolute atomic E-state index is 9.49. The molecule has 0 heterocycles. The van der Waals surface area contributed by atoms with Crippen molar-refractivity contribution < 1.29 is 9.42 Å². The molecular formula is C7H17O2PS2. The van der Waals surface area contributed by atoms with Gasteiger partial charge in [0.05, 0.1) is 6.61 Å². The summed E-state index contributed by atoms with van der Waals surface area (Å²) in [6, 6.07) is 0. The molecule has 0 fully saturated rings. The molecule has 0 radical (unpaired) electrons. The summed E-state index contributed by atoms with van der Waals surface area (Å²) in [6.07, 6.45) is 1.08. The molecule has 0 aromatic rings. The topological polar surface area (TPSA) is 29.5 Å². The molecular weight excluding hydrogens is 211 g/mol. The van der Waals surface area contributed by atoms with Crippen LogP contribution >= 0.6 is 17.1 Å². The minimum Gasteiger partial charge on any atom is -0.337 e. The Morgan fingerprint density at radius 2 is 2.17 bits per heavy atom. The SMILES string of the molecule is CCOP(O)(=S)SCCC(C)C. The van der Waals surface area contributed by atoms with Gasteiger partial charge in [-0.25, -0.2) is 0 Å². The van der Waals surface area contributed by atoms with E-state index in [1.165, 1.54) is 11.4 Å². The molecule has 0 aromatic heterocycles. The van der Waals surface area contributed by atoms with Crippen molar-refractivity contribution in [2.24, 2.45) is 5.92 Å². The normalized spacial score (nSPS) is 16.4. The van der Waals surface area contributed by atoms with Crippen LogP contribution in [0, 0.1) is 5.92 Å². The van der Waals surface area contributed by atoms with Crippen LogP contribution in [-0.2, 0) is 16.3 Å². The van der Waals surface area contributed by atoms with E-state index in [1.807, 2.05) is 6.92 Å². The molecule has 0 aliphatic carbocycles. The molecule has 5 heteroatoms. The van der Waals surface area contributed by atoms with Gasteiger partial charge in [-0.3, -0.25) is 0 Å². The predicted octanol–water partition coefficient (Wildman–Crippen LogP) is 3.02. The van der Waals surface area contributed by atoms with Crippen LogP contribution in [0.15, 0.2) is 0 Å². The molecule has 0 aromatic carbocycles. The Balaban J connectivity index is 3.54. The number of hydrogen-bond donors (Lipinski definition) is 1. The zero-order valence-electron chi connectivity index (χ0n) is 7.82. The van der Waals surface area contributed by atoms with Gasteiger partial charge in [0.25, 0.3) is 0 Å². The molecule has 0 saturated carbocycles. The van der Waals surface area contributed by atoms with Crippen LogP contribution in [0.1, 0.15) is 27.2 Å². The van der Waals surface area contributed by atoms with Crippen molar-refractivity contribution in [2.75, 3.05) is 12.4 Å². The fourth-order valence-electron chi connectivity index (χ4n) is 0.604. The predicted molar refractivity (Wildman–Crippen MR) is 60.0 cm³/mol. The molecule has 0 amide bonds. The van der Waals surface area contributed by atoms with Gasteiger partial charge < -0.3 is 9.42 Å². The smallest absolute Gasteiger partial charge is 0.244 e. The minimum atomic E-state index is -2.50. The van der Waals surface area contributed by atoms with Gasteiger partial charge in [0, 0.05) is 5.75 Å². The van der Waals surface area contributed by atoms with Crippen molar-refractivity contribution in [3.05, 3.63) is 0 Å². The van der Waals surface area contributed by atoms with E-state index in [1.54, 1.807) is 0 Å². The van der Waals surface area contributed by atoms with Crippen LogP contribution in [0.2, 0.25) is 0 Å². The van der Waals surface area contributed by atoms with Gasteiger partial charge in [-0.05, 0) is 31.1 Å².